The molecular weight excluding hydrogens is 334 g/mol. The molecule has 1 N–H and O–H groups in total. The lowest BCUT2D eigenvalue weighted by Gasteiger charge is -2.36. The number of anilines is 2. The second-order valence-corrected chi connectivity index (χ2v) is 7.20. The van der Waals surface area contributed by atoms with E-state index >= 15 is 0 Å². The molecule has 1 amide bonds. The number of nitrogens with zero attached hydrogens (tertiary/aromatic N) is 2. The number of halogens is 1. The van der Waals surface area contributed by atoms with Gasteiger partial charge in [0, 0.05) is 54.2 Å². The van der Waals surface area contributed by atoms with E-state index in [1.807, 2.05) is 12.1 Å². The maximum atomic E-state index is 12.2. The van der Waals surface area contributed by atoms with Gasteiger partial charge in [-0.3, -0.25) is 9.69 Å². The van der Waals surface area contributed by atoms with Gasteiger partial charge in [-0.2, -0.15) is 0 Å². The maximum absolute atomic E-state index is 12.2. The van der Waals surface area contributed by atoms with E-state index < -0.39 is 0 Å². The van der Waals surface area contributed by atoms with E-state index in [4.69, 9.17) is 11.6 Å². The smallest absolute Gasteiger partial charge is 0.255 e. The van der Waals surface area contributed by atoms with Gasteiger partial charge in [-0.05, 0) is 61.4 Å². The third-order valence-corrected chi connectivity index (χ3v) is 5.23. The van der Waals surface area contributed by atoms with Crippen LogP contribution in [0.5, 0.6) is 0 Å². The van der Waals surface area contributed by atoms with E-state index in [2.05, 4.69) is 27.2 Å². The molecule has 0 aromatic heterocycles. The molecule has 5 heteroatoms. The maximum Gasteiger partial charge on any atom is 0.255 e. The summed E-state index contributed by atoms with van der Waals surface area (Å²) in [6, 6.07) is 15.9. The van der Waals surface area contributed by atoms with Crippen LogP contribution in [0, 0.1) is 0 Å². The monoisotopic (exact) mass is 355 g/mol. The summed E-state index contributed by atoms with van der Waals surface area (Å²) in [4.78, 5) is 17.3. The molecule has 2 fully saturated rings. The second-order valence-electron chi connectivity index (χ2n) is 6.76. The van der Waals surface area contributed by atoms with Crippen molar-refractivity contribution >= 4 is 28.9 Å². The molecular formula is C20H22ClN3O. The van der Waals surface area contributed by atoms with Crippen molar-refractivity contribution < 1.29 is 4.79 Å². The van der Waals surface area contributed by atoms with Gasteiger partial charge >= 0.3 is 0 Å². The van der Waals surface area contributed by atoms with Crippen LogP contribution in [0.2, 0.25) is 5.02 Å². The Balaban J connectivity index is 1.35. The van der Waals surface area contributed by atoms with E-state index in [-0.39, 0.29) is 5.91 Å². The molecule has 0 spiro atoms. The summed E-state index contributed by atoms with van der Waals surface area (Å²) in [7, 11) is 0. The van der Waals surface area contributed by atoms with Crippen molar-refractivity contribution in [2.24, 2.45) is 0 Å². The first-order valence-electron chi connectivity index (χ1n) is 8.85. The van der Waals surface area contributed by atoms with Crippen molar-refractivity contribution in [1.29, 1.82) is 0 Å². The number of carbonyl (C=O) groups is 1. The minimum atomic E-state index is -0.123. The zero-order chi connectivity index (χ0) is 17.2. The number of rotatable bonds is 4. The van der Waals surface area contributed by atoms with E-state index in [1.165, 1.54) is 18.5 Å². The molecule has 0 radical (unpaired) electrons. The molecule has 1 aliphatic carbocycles. The van der Waals surface area contributed by atoms with Gasteiger partial charge < -0.3 is 10.2 Å². The number of nitrogens with one attached hydrogen (secondary N) is 1. The SMILES string of the molecule is O=C(Nc1ccc(N2CCN(C3CC3)CC2)cc1)c1ccc(Cl)cc1. The molecule has 0 atom stereocenters. The van der Waals surface area contributed by atoms with Gasteiger partial charge in [0.25, 0.3) is 5.91 Å². The van der Waals surface area contributed by atoms with E-state index in [0.717, 1.165) is 37.9 Å². The molecule has 2 aromatic carbocycles. The molecule has 4 rings (SSSR count). The zero-order valence-electron chi connectivity index (χ0n) is 14.1. The number of amides is 1. The molecule has 1 aliphatic heterocycles. The molecule has 0 unspecified atom stereocenters. The molecule has 0 bridgehead atoms. The second kappa shape index (κ2) is 7.06. The molecule has 2 aliphatic rings. The van der Waals surface area contributed by atoms with Crippen LogP contribution in [0.1, 0.15) is 23.2 Å². The normalized spacial score (nSPS) is 18.2. The predicted molar refractivity (Wildman–Crippen MR) is 103 cm³/mol. The Morgan fingerprint density at radius 3 is 2.16 bits per heavy atom. The first kappa shape index (κ1) is 16.4. The zero-order valence-corrected chi connectivity index (χ0v) is 14.9. The summed E-state index contributed by atoms with van der Waals surface area (Å²) in [6.45, 7) is 4.46. The van der Waals surface area contributed by atoms with Crippen LogP contribution < -0.4 is 10.2 Å². The van der Waals surface area contributed by atoms with Crippen LogP contribution in [0.25, 0.3) is 0 Å². The number of hydrogen-bond acceptors (Lipinski definition) is 3. The Bertz CT molecular complexity index is 733. The highest BCUT2D eigenvalue weighted by molar-refractivity contribution is 6.30. The summed E-state index contributed by atoms with van der Waals surface area (Å²) >= 11 is 5.86. The third-order valence-electron chi connectivity index (χ3n) is 4.97. The first-order valence-corrected chi connectivity index (χ1v) is 9.23. The van der Waals surface area contributed by atoms with Crippen molar-refractivity contribution in [3.05, 3.63) is 59.1 Å². The summed E-state index contributed by atoms with van der Waals surface area (Å²) in [6.07, 6.45) is 2.75. The number of hydrogen-bond donors (Lipinski definition) is 1. The number of benzene rings is 2. The third kappa shape index (κ3) is 3.97. The van der Waals surface area contributed by atoms with Gasteiger partial charge in [-0.1, -0.05) is 11.6 Å². The van der Waals surface area contributed by atoms with Gasteiger partial charge in [-0.15, -0.1) is 0 Å². The van der Waals surface area contributed by atoms with Crippen molar-refractivity contribution in [3.63, 3.8) is 0 Å². The fourth-order valence-electron chi connectivity index (χ4n) is 3.35. The lowest BCUT2D eigenvalue weighted by Crippen LogP contribution is -2.47. The minimum Gasteiger partial charge on any atom is -0.369 e. The fraction of sp³-hybridized carbons (Fsp3) is 0.350. The molecule has 1 saturated carbocycles. The average Bonchev–Trinajstić information content (AvgIpc) is 3.48. The summed E-state index contributed by atoms with van der Waals surface area (Å²) in [5.74, 6) is -0.123. The van der Waals surface area contributed by atoms with Crippen molar-refractivity contribution in [2.75, 3.05) is 36.4 Å². The van der Waals surface area contributed by atoms with Crippen LogP contribution in [-0.4, -0.2) is 43.0 Å². The summed E-state index contributed by atoms with van der Waals surface area (Å²) in [5.41, 5.74) is 2.63. The Labute approximate surface area is 153 Å². The van der Waals surface area contributed by atoms with E-state index in [0.29, 0.717) is 10.6 Å². The van der Waals surface area contributed by atoms with E-state index in [9.17, 15) is 4.79 Å². The highest BCUT2D eigenvalue weighted by Gasteiger charge is 2.31. The number of carbonyl (C=O) groups excluding carboxylic acids is 1. The molecule has 1 saturated heterocycles. The van der Waals surface area contributed by atoms with Crippen LogP contribution >= 0.6 is 11.6 Å². The Morgan fingerprint density at radius 1 is 0.920 bits per heavy atom. The summed E-state index contributed by atoms with van der Waals surface area (Å²) in [5, 5.41) is 3.56. The standard InChI is InChI=1S/C20H22ClN3O/c21-16-3-1-15(2-4-16)20(25)22-17-5-7-18(8-6-17)23-11-13-24(14-12-23)19-9-10-19/h1-8,19H,9-14H2,(H,22,25). The van der Waals surface area contributed by atoms with Crippen LogP contribution in [0.3, 0.4) is 0 Å². The molecule has 25 heavy (non-hydrogen) atoms. The van der Waals surface area contributed by atoms with Gasteiger partial charge in [0.15, 0.2) is 0 Å². The summed E-state index contributed by atoms with van der Waals surface area (Å²) < 4.78 is 0. The van der Waals surface area contributed by atoms with E-state index in [1.54, 1.807) is 24.3 Å². The average molecular weight is 356 g/mol. The molecule has 1 heterocycles. The lowest BCUT2D eigenvalue weighted by atomic mass is 10.2. The van der Waals surface area contributed by atoms with Crippen LogP contribution in [0.4, 0.5) is 11.4 Å². The Morgan fingerprint density at radius 2 is 1.56 bits per heavy atom. The van der Waals surface area contributed by atoms with Gasteiger partial charge in [-0.25, -0.2) is 0 Å². The van der Waals surface area contributed by atoms with Crippen LogP contribution in [0.15, 0.2) is 48.5 Å². The highest BCUT2D eigenvalue weighted by atomic mass is 35.5. The van der Waals surface area contributed by atoms with Gasteiger partial charge in [0.05, 0.1) is 0 Å². The Kier molecular flexibility index (Phi) is 4.64. The number of piperazine rings is 1. The van der Waals surface area contributed by atoms with Crippen LogP contribution in [-0.2, 0) is 0 Å². The highest BCUT2D eigenvalue weighted by Crippen LogP contribution is 2.28. The minimum absolute atomic E-state index is 0.123. The topological polar surface area (TPSA) is 35.6 Å². The molecule has 4 nitrogen and oxygen atoms in total. The van der Waals surface area contributed by atoms with Gasteiger partial charge in [0.2, 0.25) is 0 Å². The lowest BCUT2D eigenvalue weighted by molar-refractivity contribution is 0.102. The fourth-order valence-corrected chi connectivity index (χ4v) is 3.47. The van der Waals surface area contributed by atoms with Crippen molar-refractivity contribution in [1.82, 2.24) is 4.90 Å². The van der Waals surface area contributed by atoms with Crippen molar-refractivity contribution in [3.8, 4) is 0 Å². The quantitative estimate of drug-likeness (QED) is 0.904. The predicted octanol–water partition coefficient (Wildman–Crippen LogP) is 3.88. The molecule has 2 aromatic rings. The first-order chi connectivity index (χ1) is 12.2. The van der Waals surface area contributed by atoms with Gasteiger partial charge in [0.1, 0.15) is 0 Å². The largest absolute Gasteiger partial charge is 0.369 e. The Hall–Kier alpha value is -2.04. The molecule has 130 valence electrons. The van der Waals surface area contributed by atoms with Crippen molar-refractivity contribution in [2.45, 2.75) is 18.9 Å².